The molecule has 2 aromatic rings. The molecule has 1 aliphatic heterocycles. The van der Waals surface area contributed by atoms with Gasteiger partial charge in [0.1, 0.15) is 6.61 Å². The number of alkyl carbamates (subject to hydrolysis) is 1. The van der Waals surface area contributed by atoms with Crippen LogP contribution in [0.3, 0.4) is 0 Å². The largest absolute Gasteiger partial charge is 0.479 e. The summed E-state index contributed by atoms with van der Waals surface area (Å²) in [6, 6.07) is 15.7. The number of hydrogen-bond acceptors (Lipinski definition) is 5. The minimum absolute atomic E-state index is 0.00570. The van der Waals surface area contributed by atoms with Gasteiger partial charge in [-0.25, -0.2) is 9.59 Å². The fraction of sp³-hybridized carbons (Fsp3) is 0.444. The summed E-state index contributed by atoms with van der Waals surface area (Å²) in [5.41, 5.74) is 4.67. The first kappa shape index (κ1) is 23.4. The summed E-state index contributed by atoms with van der Waals surface area (Å²) in [6.45, 7) is 0.563. The molecule has 0 spiro atoms. The second-order valence-corrected chi connectivity index (χ2v) is 9.56. The van der Waals surface area contributed by atoms with Gasteiger partial charge in [-0.3, -0.25) is 4.79 Å². The molecule has 4 atom stereocenters. The summed E-state index contributed by atoms with van der Waals surface area (Å²) < 4.78 is 10.9. The molecule has 0 bridgehead atoms. The molecule has 0 unspecified atom stereocenters. The van der Waals surface area contributed by atoms with Gasteiger partial charge in [0.05, 0.1) is 6.04 Å². The zero-order chi connectivity index (χ0) is 24.4. The van der Waals surface area contributed by atoms with Crippen molar-refractivity contribution >= 4 is 18.0 Å². The molecular weight excluding hydrogens is 448 g/mol. The third-order valence-corrected chi connectivity index (χ3v) is 7.37. The van der Waals surface area contributed by atoms with Crippen molar-refractivity contribution in [3.05, 3.63) is 59.7 Å². The van der Waals surface area contributed by atoms with E-state index in [1.807, 2.05) is 24.3 Å². The Hall–Kier alpha value is -3.39. The Labute approximate surface area is 204 Å². The van der Waals surface area contributed by atoms with E-state index in [0.29, 0.717) is 25.9 Å². The van der Waals surface area contributed by atoms with E-state index < -0.39 is 24.2 Å². The van der Waals surface area contributed by atoms with Crippen LogP contribution in [-0.2, 0) is 19.1 Å². The summed E-state index contributed by atoms with van der Waals surface area (Å²) in [6.07, 6.45) is 1.79. The molecule has 3 N–H and O–H groups in total. The fourth-order valence-corrected chi connectivity index (χ4v) is 5.65. The minimum atomic E-state index is -1.06. The molecule has 2 aromatic carbocycles. The number of rotatable bonds is 6. The van der Waals surface area contributed by atoms with Crippen LogP contribution >= 0.6 is 0 Å². The zero-order valence-electron chi connectivity index (χ0n) is 19.4. The molecule has 35 heavy (non-hydrogen) atoms. The summed E-state index contributed by atoms with van der Waals surface area (Å²) in [4.78, 5) is 36.7. The quantitative estimate of drug-likeness (QED) is 0.586. The third-order valence-electron chi connectivity index (χ3n) is 7.37. The maximum absolute atomic E-state index is 12.8. The predicted octanol–water partition coefficient (Wildman–Crippen LogP) is 3.44. The van der Waals surface area contributed by atoms with E-state index in [9.17, 15) is 19.5 Å². The van der Waals surface area contributed by atoms with E-state index in [1.165, 1.54) is 11.1 Å². The standard InChI is InChI=1S/C27H30N2O6/c30-25(29-23-12-13-34-24(23)26(31)32)16-6-5-7-17(14-16)28-27(33)35-15-22-20-10-3-1-8-18(20)19-9-2-4-11-21(19)22/h1-4,8-11,16-17,22-24H,5-7,12-15H2,(H,28,33)(H,29,30)(H,31,32)/t16-,17-,23-,24+/m1/s1. The van der Waals surface area contributed by atoms with E-state index in [0.717, 1.165) is 24.0 Å². The van der Waals surface area contributed by atoms with Crippen molar-refractivity contribution in [2.75, 3.05) is 13.2 Å². The molecular formula is C27H30N2O6. The number of benzene rings is 2. The van der Waals surface area contributed by atoms with Gasteiger partial charge < -0.3 is 25.2 Å². The lowest BCUT2D eigenvalue weighted by atomic mass is 9.85. The number of fused-ring (bicyclic) bond motifs is 3. The first-order valence-corrected chi connectivity index (χ1v) is 12.3. The van der Waals surface area contributed by atoms with Crippen molar-refractivity contribution in [3.8, 4) is 11.1 Å². The van der Waals surface area contributed by atoms with Crippen molar-refractivity contribution in [2.45, 2.75) is 56.2 Å². The second kappa shape index (κ2) is 10.1. The average Bonchev–Trinajstić information content (AvgIpc) is 3.45. The summed E-state index contributed by atoms with van der Waals surface area (Å²) >= 11 is 0. The molecule has 1 heterocycles. The highest BCUT2D eigenvalue weighted by Gasteiger charge is 2.37. The normalized spacial score (nSPS) is 25.4. The molecule has 8 heteroatoms. The molecule has 2 aliphatic carbocycles. The Morgan fingerprint density at radius 2 is 1.63 bits per heavy atom. The lowest BCUT2D eigenvalue weighted by Gasteiger charge is -2.30. The Morgan fingerprint density at radius 3 is 2.31 bits per heavy atom. The fourth-order valence-electron chi connectivity index (χ4n) is 5.65. The van der Waals surface area contributed by atoms with Gasteiger partial charge in [-0.2, -0.15) is 0 Å². The lowest BCUT2D eigenvalue weighted by molar-refractivity contribution is -0.148. The highest BCUT2D eigenvalue weighted by atomic mass is 16.5. The predicted molar refractivity (Wildman–Crippen MR) is 128 cm³/mol. The van der Waals surface area contributed by atoms with Gasteiger partial charge in [-0.15, -0.1) is 0 Å². The van der Waals surface area contributed by atoms with Gasteiger partial charge in [0.2, 0.25) is 5.91 Å². The zero-order valence-corrected chi connectivity index (χ0v) is 19.4. The topological polar surface area (TPSA) is 114 Å². The highest BCUT2D eigenvalue weighted by Crippen LogP contribution is 2.44. The van der Waals surface area contributed by atoms with Crippen LogP contribution in [0.15, 0.2) is 48.5 Å². The van der Waals surface area contributed by atoms with Crippen LogP contribution in [-0.4, -0.2) is 54.5 Å². The number of carbonyl (C=O) groups is 3. The number of amides is 2. The van der Waals surface area contributed by atoms with Crippen molar-refractivity contribution in [1.29, 1.82) is 0 Å². The van der Waals surface area contributed by atoms with Crippen LogP contribution in [0.5, 0.6) is 0 Å². The van der Waals surface area contributed by atoms with Crippen molar-refractivity contribution in [2.24, 2.45) is 5.92 Å². The summed E-state index contributed by atoms with van der Waals surface area (Å²) in [7, 11) is 0. The number of hydrogen-bond donors (Lipinski definition) is 3. The van der Waals surface area contributed by atoms with E-state index in [4.69, 9.17) is 9.47 Å². The van der Waals surface area contributed by atoms with Crippen LogP contribution < -0.4 is 10.6 Å². The van der Waals surface area contributed by atoms with Gasteiger partial charge in [0.25, 0.3) is 0 Å². The minimum Gasteiger partial charge on any atom is -0.479 e. The molecule has 3 aliphatic rings. The molecule has 5 rings (SSSR count). The molecule has 184 valence electrons. The summed E-state index contributed by atoms with van der Waals surface area (Å²) in [5.74, 6) is -1.52. The van der Waals surface area contributed by atoms with Crippen molar-refractivity contribution in [1.82, 2.24) is 10.6 Å². The van der Waals surface area contributed by atoms with Crippen LogP contribution in [0.25, 0.3) is 11.1 Å². The smallest absolute Gasteiger partial charge is 0.407 e. The Bertz CT molecular complexity index is 1070. The molecule has 1 saturated heterocycles. The number of carboxylic acid groups (broad SMARTS) is 1. The van der Waals surface area contributed by atoms with Crippen molar-refractivity contribution in [3.63, 3.8) is 0 Å². The van der Waals surface area contributed by atoms with Gasteiger partial charge in [-0.1, -0.05) is 55.0 Å². The van der Waals surface area contributed by atoms with E-state index in [-0.39, 0.29) is 30.4 Å². The molecule has 2 fully saturated rings. The SMILES string of the molecule is O=C(N[C@@H]1CCC[C@@H](C(=O)N[C@@H]2CCO[C@@H]2C(=O)O)C1)OCC1c2ccccc2-c2ccccc21. The Morgan fingerprint density at radius 1 is 0.943 bits per heavy atom. The second-order valence-electron chi connectivity index (χ2n) is 9.56. The highest BCUT2D eigenvalue weighted by molar-refractivity contribution is 5.81. The molecule has 1 saturated carbocycles. The van der Waals surface area contributed by atoms with E-state index in [2.05, 4.69) is 34.9 Å². The summed E-state index contributed by atoms with van der Waals surface area (Å²) in [5, 5.41) is 15.0. The third kappa shape index (κ3) is 4.89. The van der Waals surface area contributed by atoms with Crippen LogP contribution in [0.2, 0.25) is 0 Å². The lowest BCUT2D eigenvalue weighted by Crippen LogP contribution is -2.48. The Kier molecular flexibility index (Phi) is 6.72. The molecule has 0 radical (unpaired) electrons. The van der Waals surface area contributed by atoms with Gasteiger partial charge in [0.15, 0.2) is 6.10 Å². The van der Waals surface area contributed by atoms with E-state index >= 15 is 0 Å². The maximum atomic E-state index is 12.8. The Balaban J connectivity index is 1.14. The van der Waals surface area contributed by atoms with Gasteiger partial charge in [-0.05, 0) is 47.9 Å². The van der Waals surface area contributed by atoms with Gasteiger partial charge in [0, 0.05) is 24.5 Å². The maximum Gasteiger partial charge on any atom is 0.407 e. The number of carbonyl (C=O) groups excluding carboxylic acids is 2. The average molecular weight is 479 g/mol. The first-order valence-electron chi connectivity index (χ1n) is 12.3. The monoisotopic (exact) mass is 478 g/mol. The van der Waals surface area contributed by atoms with Crippen LogP contribution in [0, 0.1) is 5.92 Å². The number of ether oxygens (including phenoxy) is 2. The van der Waals surface area contributed by atoms with Crippen molar-refractivity contribution < 1.29 is 29.0 Å². The molecule has 8 nitrogen and oxygen atoms in total. The van der Waals surface area contributed by atoms with Gasteiger partial charge >= 0.3 is 12.1 Å². The van der Waals surface area contributed by atoms with Crippen LogP contribution in [0.4, 0.5) is 4.79 Å². The number of nitrogens with one attached hydrogen (secondary N) is 2. The van der Waals surface area contributed by atoms with E-state index in [1.54, 1.807) is 0 Å². The van der Waals surface area contributed by atoms with Crippen LogP contribution in [0.1, 0.15) is 49.1 Å². The molecule has 2 amide bonds. The molecule has 0 aromatic heterocycles. The number of aliphatic carboxylic acids is 1. The first-order chi connectivity index (χ1) is 17.0. The number of carboxylic acids is 1.